The second-order valence-electron chi connectivity index (χ2n) is 8.57. The number of imide groups is 1. The van der Waals surface area contributed by atoms with Crippen LogP contribution in [0.4, 0.5) is 0 Å². The van der Waals surface area contributed by atoms with E-state index < -0.39 is 30.3 Å². The van der Waals surface area contributed by atoms with Gasteiger partial charge < -0.3 is 14.1 Å². The van der Waals surface area contributed by atoms with Crippen LogP contribution in [0, 0.1) is 5.92 Å². The third-order valence-corrected chi connectivity index (χ3v) is 5.09. The summed E-state index contributed by atoms with van der Waals surface area (Å²) >= 11 is 0. The number of furan rings is 1. The smallest absolute Gasteiger partial charge is 0.311 e. The first-order chi connectivity index (χ1) is 14.6. The molecule has 8 heteroatoms. The summed E-state index contributed by atoms with van der Waals surface area (Å²) in [7, 11) is 0. The van der Waals surface area contributed by atoms with Crippen LogP contribution in [0.2, 0.25) is 0 Å². The molecule has 1 aliphatic heterocycles. The molecule has 1 aromatic heterocycles. The van der Waals surface area contributed by atoms with Gasteiger partial charge in [-0.1, -0.05) is 32.9 Å². The molecule has 164 valence electrons. The molecule has 8 nitrogen and oxygen atoms in total. The van der Waals surface area contributed by atoms with Crippen LogP contribution in [-0.2, 0) is 31.1 Å². The highest BCUT2D eigenvalue weighted by molar-refractivity contribution is 6.05. The summed E-state index contributed by atoms with van der Waals surface area (Å²) in [5.74, 6) is -2.16. The number of hydrogen-bond acceptors (Lipinski definition) is 6. The average Bonchev–Trinajstić information content (AvgIpc) is 3.36. The van der Waals surface area contributed by atoms with Crippen LogP contribution in [0.25, 0.3) is 0 Å². The predicted octanol–water partition coefficient (Wildman–Crippen LogP) is 2.43. The van der Waals surface area contributed by atoms with E-state index in [-0.39, 0.29) is 30.8 Å². The number of likely N-dealkylation sites (tertiary alicyclic amines) is 1. The molecule has 0 radical (unpaired) electrons. The maximum atomic E-state index is 12.2. The van der Waals surface area contributed by atoms with E-state index in [1.165, 1.54) is 11.2 Å². The number of nitrogens with zero attached hydrogens (tertiary/aromatic N) is 1. The number of esters is 1. The monoisotopic (exact) mass is 426 g/mol. The van der Waals surface area contributed by atoms with E-state index in [0.29, 0.717) is 11.3 Å². The van der Waals surface area contributed by atoms with Gasteiger partial charge in [-0.25, -0.2) is 0 Å². The summed E-state index contributed by atoms with van der Waals surface area (Å²) in [4.78, 5) is 50.1. The van der Waals surface area contributed by atoms with Gasteiger partial charge in [0.05, 0.1) is 18.7 Å². The summed E-state index contributed by atoms with van der Waals surface area (Å²) in [5.41, 5.74) is 1.35. The lowest BCUT2D eigenvalue weighted by atomic mass is 9.87. The van der Waals surface area contributed by atoms with Crippen molar-refractivity contribution in [3.63, 3.8) is 0 Å². The van der Waals surface area contributed by atoms with E-state index in [1.807, 2.05) is 12.1 Å². The molecule has 0 aliphatic carbocycles. The maximum absolute atomic E-state index is 12.2. The standard InChI is InChI=1S/C23H26N2O6/c1-23(2,3)17-8-6-15(7-9-17)21(28)24-19(26)14-31-22(29)16-11-20(27)25(12-16)13-18-5-4-10-30-18/h4-10,16H,11-14H2,1-3H3,(H,24,26,28)/t16-/m0/s1. The first-order valence-electron chi connectivity index (χ1n) is 10.0. The second-order valence-corrected chi connectivity index (χ2v) is 8.57. The van der Waals surface area contributed by atoms with Gasteiger partial charge in [-0.3, -0.25) is 24.5 Å². The lowest BCUT2D eigenvalue weighted by Crippen LogP contribution is -2.35. The minimum Gasteiger partial charge on any atom is -0.467 e. The van der Waals surface area contributed by atoms with Crippen LogP contribution >= 0.6 is 0 Å². The van der Waals surface area contributed by atoms with Crippen molar-refractivity contribution in [2.45, 2.75) is 39.2 Å². The van der Waals surface area contributed by atoms with E-state index in [4.69, 9.17) is 9.15 Å². The molecule has 3 rings (SSSR count). The minimum absolute atomic E-state index is 0.0141. The molecule has 1 aromatic carbocycles. The van der Waals surface area contributed by atoms with Crippen molar-refractivity contribution in [3.05, 3.63) is 59.5 Å². The third kappa shape index (κ3) is 5.81. The first kappa shape index (κ1) is 22.3. The van der Waals surface area contributed by atoms with Gasteiger partial charge in [0.1, 0.15) is 5.76 Å². The Morgan fingerprint density at radius 2 is 1.87 bits per heavy atom. The summed E-state index contributed by atoms with van der Waals surface area (Å²) in [5, 5.41) is 2.20. The average molecular weight is 426 g/mol. The Morgan fingerprint density at radius 1 is 1.16 bits per heavy atom. The van der Waals surface area contributed by atoms with Gasteiger partial charge in [-0.2, -0.15) is 0 Å². The molecule has 0 saturated carbocycles. The lowest BCUT2D eigenvalue weighted by Gasteiger charge is -2.19. The van der Waals surface area contributed by atoms with Crippen LogP contribution in [0.1, 0.15) is 48.9 Å². The minimum atomic E-state index is -0.727. The van der Waals surface area contributed by atoms with Crippen molar-refractivity contribution < 1.29 is 28.3 Å². The van der Waals surface area contributed by atoms with Gasteiger partial charge in [-0.05, 0) is 35.2 Å². The molecule has 1 N–H and O–H groups in total. The molecule has 1 saturated heterocycles. The van der Waals surface area contributed by atoms with Gasteiger partial charge in [-0.15, -0.1) is 0 Å². The van der Waals surface area contributed by atoms with Gasteiger partial charge in [0.25, 0.3) is 11.8 Å². The van der Waals surface area contributed by atoms with E-state index >= 15 is 0 Å². The Bertz CT molecular complexity index is 957. The molecule has 0 unspecified atom stereocenters. The molecule has 2 aromatic rings. The van der Waals surface area contributed by atoms with Gasteiger partial charge in [0, 0.05) is 18.5 Å². The molecule has 1 atom stereocenters. The van der Waals surface area contributed by atoms with E-state index in [1.54, 1.807) is 24.3 Å². The number of amides is 3. The molecular formula is C23H26N2O6. The predicted molar refractivity (Wildman–Crippen MR) is 111 cm³/mol. The molecular weight excluding hydrogens is 400 g/mol. The molecule has 1 aliphatic rings. The molecule has 0 bridgehead atoms. The Balaban J connectivity index is 1.45. The second kappa shape index (κ2) is 9.16. The highest BCUT2D eigenvalue weighted by Crippen LogP contribution is 2.23. The van der Waals surface area contributed by atoms with Crippen LogP contribution in [0.3, 0.4) is 0 Å². The van der Waals surface area contributed by atoms with Gasteiger partial charge >= 0.3 is 5.97 Å². The number of benzene rings is 1. The number of carbonyl (C=O) groups is 4. The number of carbonyl (C=O) groups excluding carboxylic acids is 4. The SMILES string of the molecule is CC(C)(C)c1ccc(C(=O)NC(=O)COC(=O)[C@H]2CC(=O)N(Cc3ccco3)C2)cc1. The molecule has 3 amide bonds. The van der Waals surface area contributed by atoms with Crippen molar-refractivity contribution in [1.29, 1.82) is 0 Å². The zero-order valence-corrected chi connectivity index (χ0v) is 17.8. The lowest BCUT2D eigenvalue weighted by molar-refractivity contribution is -0.152. The van der Waals surface area contributed by atoms with Crippen molar-refractivity contribution in [2.75, 3.05) is 13.2 Å². The number of ether oxygens (including phenoxy) is 1. The highest BCUT2D eigenvalue weighted by Gasteiger charge is 2.36. The Labute approximate surface area is 180 Å². The normalized spacial score (nSPS) is 16.3. The fourth-order valence-corrected chi connectivity index (χ4v) is 3.28. The van der Waals surface area contributed by atoms with Crippen molar-refractivity contribution in [1.82, 2.24) is 10.2 Å². The maximum Gasteiger partial charge on any atom is 0.311 e. The Morgan fingerprint density at radius 3 is 2.48 bits per heavy atom. The summed E-state index contributed by atoms with van der Waals surface area (Å²) < 4.78 is 10.2. The van der Waals surface area contributed by atoms with Crippen molar-refractivity contribution in [2.24, 2.45) is 5.92 Å². The van der Waals surface area contributed by atoms with E-state index in [0.717, 1.165) is 5.56 Å². The summed E-state index contributed by atoms with van der Waals surface area (Å²) in [6.45, 7) is 6.07. The largest absolute Gasteiger partial charge is 0.467 e. The van der Waals surface area contributed by atoms with Crippen LogP contribution in [0.15, 0.2) is 47.1 Å². The molecule has 31 heavy (non-hydrogen) atoms. The van der Waals surface area contributed by atoms with E-state index in [2.05, 4.69) is 26.1 Å². The van der Waals surface area contributed by atoms with Crippen molar-refractivity contribution in [3.8, 4) is 0 Å². The fraction of sp³-hybridized carbons (Fsp3) is 0.391. The van der Waals surface area contributed by atoms with Crippen molar-refractivity contribution >= 4 is 23.7 Å². The Kier molecular flexibility index (Phi) is 6.58. The van der Waals surface area contributed by atoms with Crippen LogP contribution < -0.4 is 5.32 Å². The van der Waals surface area contributed by atoms with Gasteiger partial charge in [0.2, 0.25) is 5.91 Å². The number of nitrogens with one attached hydrogen (secondary N) is 1. The summed E-state index contributed by atoms with van der Waals surface area (Å²) in [6.07, 6.45) is 1.53. The first-order valence-corrected chi connectivity index (χ1v) is 10.0. The quantitative estimate of drug-likeness (QED) is 0.711. The number of rotatable bonds is 6. The summed E-state index contributed by atoms with van der Waals surface area (Å²) in [6, 6.07) is 10.4. The topological polar surface area (TPSA) is 106 Å². The highest BCUT2D eigenvalue weighted by atomic mass is 16.5. The van der Waals surface area contributed by atoms with Gasteiger partial charge in [0.15, 0.2) is 6.61 Å². The fourth-order valence-electron chi connectivity index (χ4n) is 3.28. The zero-order valence-electron chi connectivity index (χ0n) is 17.8. The molecule has 1 fully saturated rings. The number of hydrogen-bond donors (Lipinski definition) is 1. The Hall–Kier alpha value is -3.42. The molecule has 2 heterocycles. The zero-order chi connectivity index (χ0) is 22.6. The molecule has 0 spiro atoms. The van der Waals surface area contributed by atoms with Crippen LogP contribution in [0.5, 0.6) is 0 Å². The van der Waals surface area contributed by atoms with E-state index in [9.17, 15) is 19.2 Å². The van der Waals surface area contributed by atoms with Crippen LogP contribution in [-0.4, -0.2) is 41.7 Å². The third-order valence-electron chi connectivity index (χ3n) is 5.09.